The third-order valence-corrected chi connectivity index (χ3v) is 3.47. The summed E-state index contributed by atoms with van der Waals surface area (Å²) >= 11 is 3.45. The summed E-state index contributed by atoms with van der Waals surface area (Å²) in [4.78, 5) is 0. The van der Waals surface area contributed by atoms with Gasteiger partial charge in [-0.3, -0.25) is 0 Å². The molecule has 0 bridgehead atoms. The Balaban J connectivity index is 2.29. The smallest absolute Gasteiger partial charge is 0.118 e. The molecule has 3 heteroatoms. The maximum atomic E-state index is 5.18. The lowest BCUT2D eigenvalue weighted by molar-refractivity contribution is 0.414. The quantitative estimate of drug-likeness (QED) is 0.928. The van der Waals surface area contributed by atoms with Crippen molar-refractivity contribution in [3.63, 3.8) is 0 Å². The molecule has 2 aromatic rings. The number of rotatable bonds is 4. The van der Waals surface area contributed by atoms with Crippen LogP contribution in [0.2, 0.25) is 0 Å². The third kappa shape index (κ3) is 2.92. The monoisotopic (exact) mass is 305 g/mol. The Labute approximate surface area is 116 Å². The van der Waals surface area contributed by atoms with E-state index in [1.807, 2.05) is 19.2 Å². The zero-order chi connectivity index (χ0) is 13.0. The predicted octanol–water partition coefficient (Wildman–Crippen LogP) is 3.77. The van der Waals surface area contributed by atoms with Crippen LogP contribution in [0.1, 0.15) is 17.2 Å². The average Bonchev–Trinajstić information content (AvgIpc) is 2.42. The first-order valence-corrected chi connectivity index (χ1v) is 6.60. The molecule has 94 valence electrons. The van der Waals surface area contributed by atoms with E-state index < -0.39 is 0 Å². The summed E-state index contributed by atoms with van der Waals surface area (Å²) < 4.78 is 6.27. The number of hydrogen-bond donors (Lipinski definition) is 1. The molecule has 0 radical (unpaired) electrons. The highest BCUT2D eigenvalue weighted by atomic mass is 79.9. The molecule has 1 N–H and O–H groups in total. The van der Waals surface area contributed by atoms with Gasteiger partial charge >= 0.3 is 0 Å². The molecular formula is C15H16BrNO. The second kappa shape index (κ2) is 6.03. The molecule has 2 nitrogen and oxygen atoms in total. The molecule has 18 heavy (non-hydrogen) atoms. The second-order valence-corrected chi connectivity index (χ2v) is 4.96. The number of ether oxygens (including phenoxy) is 1. The molecule has 2 aromatic carbocycles. The molecule has 0 aliphatic heterocycles. The van der Waals surface area contributed by atoms with E-state index in [1.165, 1.54) is 11.1 Å². The van der Waals surface area contributed by atoms with Gasteiger partial charge in [0.15, 0.2) is 0 Å². The van der Waals surface area contributed by atoms with Crippen LogP contribution in [0.4, 0.5) is 0 Å². The van der Waals surface area contributed by atoms with Gasteiger partial charge in [0.2, 0.25) is 0 Å². The van der Waals surface area contributed by atoms with Gasteiger partial charge in [-0.15, -0.1) is 0 Å². The molecular weight excluding hydrogens is 290 g/mol. The molecule has 0 heterocycles. The van der Waals surface area contributed by atoms with Gasteiger partial charge in [0.1, 0.15) is 5.75 Å². The molecule has 0 spiro atoms. The van der Waals surface area contributed by atoms with Crippen molar-refractivity contribution in [2.75, 3.05) is 14.2 Å². The van der Waals surface area contributed by atoms with Crippen molar-refractivity contribution in [2.45, 2.75) is 6.04 Å². The van der Waals surface area contributed by atoms with Crippen LogP contribution < -0.4 is 10.1 Å². The van der Waals surface area contributed by atoms with Crippen LogP contribution in [0.5, 0.6) is 5.75 Å². The number of halogens is 1. The van der Waals surface area contributed by atoms with Crippen LogP contribution >= 0.6 is 15.9 Å². The van der Waals surface area contributed by atoms with Gasteiger partial charge in [-0.2, -0.15) is 0 Å². The van der Waals surface area contributed by atoms with E-state index in [-0.39, 0.29) is 6.04 Å². The van der Waals surface area contributed by atoms with Gasteiger partial charge in [0.25, 0.3) is 0 Å². The fourth-order valence-corrected chi connectivity index (χ4v) is 2.24. The second-order valence-electron chi connectivity index (χ2n) is 4.05. The minimum absolute atomic E-state index is 0.198. The Hall–Kier alpha value is -1.32. The maximum absolute atomic E-state index is 5.18. The molecule has 2 rings (SSSR count). The molecule has 0 fully saturated rings. The SMILES string of the molecule is CNC(c1ccc(Br)cc1)c1ccc(OC)cc1. The summed E-state index contributed by atoms with van der Waals surface area (Å²) in [7, 11) is 3.65. The number of benzene rings is 2. The highest BCUT2D eigenvalue weighted by Gasteiger charge is 2.11. The Morgan fingerprint density at radius 2 is 1.44 bits per heavy atom. The molecule has 0 amide bonds. The first-order valence-electron chi connectivity index (χ1n) is 5.81. The van der Waals surface area contributed by atoms with Gasteiger partial charge < -0.3 is 10.1 Å². The minimum atomic E-state index is 0.198. The Morgan fingerprint density at radius 1 is 0.944 bits per heavy atom. The highest BCUT2D eigenvalue weighted by Crippen LogP contribution is 2.24. The summed E-state index contributed by atoms with van der Waals surface area (Å²) in [6, 6.07) is 16.7. The molecule has 0 saturated carbocycles. The van der Waals surface area contributed by atoms with Gasteiger partial charge in [0.05, 0.1) is 13.2 Å². The van der Waals surface area contributed by atoms with E-state index in [2.05, 4.69) is 57.6 Å². The van der Waals surface area contributed by atoms with Gasteiger partial charge in [-0.25, -0.2) is 0 Å². The van der Waals surface area contributed by atoms with E-state index in [4.69, 9.17) is 4.74 Å². The molecule has 1 atom stereocenters. The Kier molecular flexibility index (Phi) is 4.39. The standard InChI is InChI=1S/C15H16BrNO/c1-17-15(11-3-7-13(16)8-4-11)12-5-9-14(18-2)10-6-12/h3-10,15,17H,1-2H3. The van der Waals surface area contributed by atoms with Crippen LogP contribution in [-0.2, 0) is 0 Å². The van der Waals surface area contributed by atoms with Crippen LogP contribution in [0.25, 0.3) is 0 Å². The zero-order valence-electron chi connectivity index (χ0n) is 10.5. The summed E-state index contributed by atoms with van der Waals surface area (Å²) in [5.41, 5.74) is 2.46. The lowest BCUT2D eigenvalue weighted by Crippen LogP contribution is -2.17. The molecule has 1 unspecified atom stereocenters. The summed E-state index contributed by atoms with van der Waals surface area (Å²) in [6.07, 6.45) is 0. The fourth-order valence-electron chi connectivity index (χ4n) is 1.98. The first-order chi connectivity index (χ1) is 8.74. The zero-order valence-corrected chi connectivity index (χ0v) is 12.1. The topological polar surface area (TPSA) is 21.3 Å². The molecule has 0 aromatic heterocycles. The van der Waals surface area contributed by atoms with Gasteiger partial charge in [-0.1, -0.05) is 40.2 Å². The normalized spacial score (nSPS) is 12.2. The third-order valence-electron chi connectivity index (χ3n) is 2.94. The van der Waals surface area contributed by atoms with E-state index in [0.717, 1.165) is 10.2 Å². The van der Waals surface area contributed by atoms with Gasteiger partial charge in [0, 0.05) is 4.47 Å². The minimum Gasteiger partial charge on any atom is -0.497 e. The summed E-state index contributed by atoms with van der Waals surface area (Å²) in [5, 5.41) is 3.34. The maximum Gasteiger partial charge on any atom is 0.118 e. The van der Waals surface area contributed by atoms with Crippen LogP contribution in [0, 0.1) is 0 Å². The lowest BCUT2D eigenvalue weighted by atomic mass is 9.99. The Bertz CT molecular complexity index is 493. The summed E-state index contributed by atoms with van der Waals surface area (Å²) in [5.74, 6) is 0.879. The van der Waals surface area contributed by atoms with Crippen molar-refractivity contribution >= 4 is 15.9 Å². The number of hydrogen-bond acceptors (Lipinski definition) is 2. The van der Waals surface area contributed by atoms with Crippen LogP contribution in [-0.4, -0.2) is 14.2 Å². The predicted molar refractivity (Wildman–Crippen MR) is 78.0 cm³/mol. The molecule has 0 aliphatic carbocycles. The number of nitrogens with one attached hydrogen (secondary N) is 1. The van der Waals surface area contributed by atoms with Crippen molar-refractivity contribution in [1.29, 1.82) is 0 Å². The van der Waals surface area contributed by atoms with Crippen molar-refractivity contribution in [3.8, 4) is 5.75 Å². The lowest BCUT2D eigenvalue weighted by Gasteiger charge is -2.17. The van der Waals surface area contributed by atoms with Crippen molar-refractivity contribution in [1.82, 2.24) is 5.32 Å². The van der Waals surface area contributed by atoms with Gasteiger partial charge in [-0.05, 0) is 42.4 Å². The van der Waals surface area contributed by atoms with E-state index in [0.29, 0.717) is 0 Å². The molecule has 0 aliphatic rings. The van der Waals surface area contributed by atoms with Crippen LogP contribution in [0.15, 0.2) is 53.0 Å². The van der Waals surface area contributed by atoms with E-state index in [1.54, 1.807) is 7.11 Å². The Morgan fingerprint density at radius 3 is 1.89 bits per heavy atom. The number of methoxy groups -OCH3 is 1. The van der Waals surface area contributed by atoms with E-state index >= 15 is 0 Å². The fraction of sp³-hybridized carbons (Fsp3) is 0.200. The summed E-state index contributed by atoms with van der Waals surface area (Å²) in [6.45, 7) is 0. The first kappa shape index (κ1) is 13.1. The average molecular weight is 306 g/mol. The van der Waals surface area contributed by atoms with Crippen molar-refractivity contribution < 1.29 is 4.74 Å². The molecule has 0 saturated heterocycles. The van der Waals surface area contributed by atoms with Crippen molar-refractivity contribution in [2.24, 2.45) is 0 Å². The highest BCUT2D eigenvalue weighted by molar-refractivity contribution is 9.10. The van der Waals surface area contributed by atoms with E-state index in [9.17, 15) is 0 Å². The van der Waals surface area contributed by atoms with Crippen LogP contribution in [0.3, 0.4) is 0 Å². The largest absolute Gasteiger partial charge is 0.497 e. The van der Waals surface area contributed by atoms with Crippen molar-refractivity contribution in [3.05, 3.63) is 64.1 Å².